The molecule has 1 aromatic carbocycles. The third-order valence-electron chi connectivity index (χ3n) is 4.73. The number of amides is 1. The Hall–Kier alpha value is -1.55. The maximum Gasteiger partial charge on any atom is 0.223 e. The van der Waals surface area contributed by atoms with Gasteiger partial charge in [-0.1, -0.05) is 18.2 Å². The van der Waals surface area contributed by atoms with Crippen LogP contribution in [-0.2, 0) is 4.79 Å². The third-order valence-corrected chi connectivity index (χ3v) is 4.73. The second kappa shape index (κ2) is 6.06. The van der Waals surface area contributed by atoms with Crippen molar-refractivity contribution in [2.24, 2.45) is 0 Å². The van der Waals surface area contributed by atoms with Crippen molar-refractivity contribution in [2.75, 3.05) is 38.5 Å². The van der Waals surface area contributed by atoms with Crippen LogP contribution in [0.25, 0.3) is 0 Å². The zero-order chi connectivity index (χ0) is 14.8. The lowest BCUT2D eigenvalue weighted by atomic mass is 9.97. The molecule has 2 heterocycles. The molecule has 114 valence electrons. The second-order valence-electron chi connectivity index (χ2n) is 6.42. The van der Waals surface area contributed by atoms with E-state index in [9.17, 15) is 4.79 Å². The van der Waals surface area contributed by atoms with E-state index in [1.165, 1.54) is 11.3 Å². The van der Waals surface area contributed by atoms with Crippen molar-refractivity contribution in [3.63, 3.8) is 0 Å². The molecule has 0 aromatic heterocycles. The minimum Gasteiger partial charge on any atom is -0.384 e. The SMILES string of the molecule is CC1CN(C)CCCN1C(=O)CC1CNc2ccccc21. The molecule has 4 heteroatoms. The monoisotopic (exact) mass is 287 g/mol. The van der Waals surface area contributed by atoms with Crippen LogP contribution in [-0.4, -0.2) is 55.0 Å². The number of carbonyl (C=O) groups excluding carboxylic acids is 1. The van der Waals surface area contributed by atoms with Crippen molar-refractivity contribution in [2.45, 2.75) is 31.7 Å². The highest BCUT2D eigenvalue weighted by Crippen LogP contribution is 2.33. The molecule has 2 unspecified atom stereocenters. The summed E-state index contributed by atoms with van der Waals surface area (Å²) in [5.74, 6) is 0.628. The zero-order valence-electron chi connectivity index (χ0n) is 13.0. The minimum atomic E-state index is 0.307. The van der Waals surface area contributed by atoms with Gasteiger partial charge in [-0.05, 0) is 38.6 Å². The number of hydrogen-bond donors (Lipinski definition) is 1. The van der Waals surface area contributed by atoms with Crippen molar-refractivity contribution >= 4 is 11.6 Å². The van der Waals surface area contributed by atoms with Crippen LogP contribution in [0.3, 0.4) is 0 Å². The topological polar surface area (TPSA) is 35.6 Å². The molecule has 0 aliphatic carbocycles. The van der Waals surface area contributed by atoms with E-state index >= 15 is 0 Å². The molecule has 0 spiro atoms. The van der Waals surface area contributed by atoms with E-state index in [1.54, 1.807) is 0 Å². The van der Waals surface area contributed by atoms with E-state index in [2.05, 4.69) is 47.3 Å². The summed E-state index contributed by atoms with van der Waals surface area (Å²) in [5, 5.41) is 3.41. The van der Waals surface area contributed by atoms with Gasteiger partial charge in [0.05, 0.1) is 0 Å². The number of carbonyl (C=O) groups is 1. The number of fused-ring (bicyclic) bond motifs is 1. The van der Waals surface area contributed by atoms with Gasteiger partial charge in [-0.3, -0.25) is 4.79 Å². The fraction of sp³-hybridized carbons (Fsp3) is 0.588. The van der Waals surface area contributed by atoms with Gasteiger partial charge in [-0.2, -0.15) is 0 Å². The molecule has 1 saturated heterocycles. The molecule has 2 aliphatic heterocycles. The maximum absolute atomic E-state index is 12.7. The number of likely N-dealkylation sites (N-methyl/N-ethyl adjacent to an activating group) is 1. The number of rotatable bonds is 2. The molecule has 0 radical (unpaired) electrons. The predicted molar refractivity (Wildman–Crippen MR) is 85.6 cm³/mol. The molecule has 0 bridgehead atoms. The van der Waals surface area contributed by atoms with E-state index in [0.717, 1.165) is 32.6 Å². The largest absolute Gasteiger partial charge is 0.384 e. The summed E-state index contributed by atoms with van der Waals surface area (Å²) < 4.78 is 0. The Labute approximate surface area is 127 Å². The Balaban J connectivity index is 1.67. The summed E-state index contributed by atoms with van der Waals surface area (Å²) in [6, 6.07) is 8.67. The molecule has 0 saturated carbocycles. The van der Waals surface area contributed by atoms with Gasteiger partial charge in [0.2, 0.25) is 5.91 Å². The first-order valence-corrected chi connectivity index (χ1v) is 7.96. The van der Waals surface area contributed by atoms with Crippen LogP contribution in [0.5, 0.6) is 0 Å². The number of benzene rings is 1. The highest BCUT2D eigenvalue weighted by molar-refractivity contribution is 5.78. The first-order chi connectivity index (χ1) is 10.1. The highest BCUT2D eigenvalue weighted by atomic mass is 16.2. The van der Waals surface area contributed by atoms with Crippen LogP contribution < -0.4 is 5.32 Å². The summed E-state index contributed by atoms with van der Waals surface area (Å²) in [6.45, 7) is 6.01. The second-order valence-corrected chi connectivity index (χ2v) is 6.42. The first-order valence-electron chi connectivity index (χ1n) is 7.96. The van der Waals surface area contributed by atoms with E-state index in [4.69, 9.17) is 0 Å². The van der Waals surface area contributed by atoms with Crippen LogP contribution in [0.2, 0.25) is 0 Å². The van der Waals surface area contributed by atoms with Crippen LogP contribution in [0, 0.1) is 0 Å². The molecule has 4 nitrogen and oxygen atoms in total. The summed E-state index contributed by atoms with van der Waals surface area (Å²) in [6.07, 6.45) is 1.70. The van der Waals surface area contributed by atoms with Crippen LogP contribution >= 0.6 is 0 Å². The predicted octanol–water partition coefficient (Wildman–Crippen LogP) is 2.14. The van der Waals surface area contributed by atoms with Crippen LogP contribution in [0.15, 0.2) is 24.3 Å². The molecular formula is C17H25N3O. The zero-order valence-corrected chi connectivity index (χ0v) is 13.0. The van der Waals surface area contributed by atoms with Gasteiger partial charge in [0.25, 0.3) is 0 Å². The van der Waals surface area contributed by atoms with Gasteiger partial charge >= 0.3 is 0 Å². The first kappa shape index (κ1) is 14.4. The standard InChI is InChI=1S/C17H25N3O/c1-13-12-19(2)8-5-9-20(13)17(21)10-14-11-18-16-7-4-3-6-15(14)16/h3-4,6-7,13-14,18H,5,8-12H2,1-2H3. The van der Waals surface area contributed by atoms with Gasteiger partial charge in [-0.15, -0.1) is 0 Å². The molecule has 21 heavy (non-hydrogen) atoms. The molecule has 2 atom stereocenters. The number of hydrogen-bond acceptors (Lipinski definition) is 3. The normalized spacial score (nSPS) is 26.1. The highest BCUT2D eigenvalue weighted by Gasteiger charge is 2.29. The van der Waals surface area contributed by atoms with Crippen LogP contribution in [0.4, 0.5) is 5.69 Å². The molecular weight excluding hydrogens is 262 g/mol. The average Bonchev–Trinajstić information content (AvgIpc) is 2.78. The summed E-state index contributed by atoms with van der Waals surface area (Å²) in [4.78, 5) is 17.1. The Morgan fingerprint density at radius 2 is 2.14 bits per heavy atom. The van der Waals surface area contributed by atoms with E-state index in [-0.39, 0.29) is 0 Å². The van der Waals surface area contributed by atoms with Crippen molar-refractivity contribution < 1.29 is 4.79 Å². The summed E-state index contributed by atoms with van der Waals surface area (Å²) >= 11 is 0. The fourth-order valence-electron chi connectivity index (χ4n) is 3.61. The maximum atomic E-state index is 12.7. The molecule has 1 amide bonds. The lowest BCUT2D eigenvalue weighted by Gasteiger charge is -2.29. The van der Waals surface area contributed by atoms with Crippen molar-refractivity contribution in [3.8, 4) is 0 Å². The van der Waals surface area contributed by atoms with Gasteiger partial charge < -0.3 is 15.1 Å². The Morgan fingerprint density at radius 1 is 1.33 bits per heavy atom. The van der Waals surface area contributed by atoms with Crippen LogP contribution in [0.1, 0.15) is 31.2 Å². The third kappa shape index (κ3) is 3.05. The molecule has 1 aromatic rings. The van der Waals surface area contributed by atoms with Gasteiger partial charge in [0.15, 0.2) is 0 Å². The fourth-order valence-corrected chi connectivity index (χ4v) is 3.61. The quantitative estimate of drug-likeness (QED) is 0.905. The number of para-hydroxylation sites is 1. The smallest absolute Gasteiger partial charge is 0.223 e. The summed E-state index contributed by atoms with van der Waals surface area (Å²) in [5.41, 5.74) is 2.49. The lowest BCUT2D eigenvalue weighted by molar-refractivity contribution is -0.133. The van der Waals surface area contributed by atoms with Gasteiger partial charge in [0, 0.05) is 43.7 Å². The van der Waals surface area contributed by atoms with Gasteiger partial charge in [-0.25, -0.2) is 0 Å². The number of nitrogens with zero attached hydrogens (tertiary/aromatic N) is 2. The Bertz CT molecular complexity index is 517. The molecule has 1 N–H and O–H groups in total. The molecule has 3 rings (SSSR count). The molecule has 1 fully saturated rings. The van der Waals surface area contributed by atoms with E-state index in [1.807, 2.05) is 6.07 Å². The van der Waals surface area contributed by atoms with Crippen molar-refractivity contribution in [1.29, 1.82) is 0 Å². The average molecular weight is 287 g/mol. The van der Waals surface area contributed by atoms with E-state index in [0.29, 0.717) is 24.3 Å². The Kier molecular flexibility index (Phi) is 4.15. The van der Waals surface area contributed by atoms with Gasteiger partial charge in [0.1, 0.15) is 0 Å². The van der Waals surface area contributed by atoms with E-state index < -0.39 is 0 Å². The number of anilines is 1. The lowest BCUT2D eigenvalue weighted by Crippen LogP contribution is -2.42. The van der Waals surface area contributed by atoms with Crippen molar-refractivity contribution in [3.05, 3.63) is 29.8 Å². The Morgan fingerprint density at radius 3 is 3.00 bits per heavy atom. The number of nitrogens with one attached hydrogen (secondary N) is 1. The molecule has 2 aliphatic rings. The summed E-state index contributed by atoms with van der Waals surface area (Å²) in [7, 11) is 2.14. The minimum absolute atomic E-state index is 0.307. The van der Waals surface area contributed by atoms with Crippen molar-refractivity contribution in [1.82, 2.24) is 9.80 Å².